The molecule has 1 N–H and O–H groups in total. The molecule has 0 saturated heterocycles. The largest absolute Gasteiger partial charge is 0.516 e. The van der Waals surface area contributed by atoms with Crippen molar-refractivity contribution in [1.29, 1.82) is 0 Å². The van der Waals surface area contributed by atoms with Gasteiger partial charge in [-0.2, -0.15) is 0 Å². The van der Waals surface area contributed by atoms with Gasteiger partial charge in [0.15, 0.2) is 0 Å². The van der Waals surface area contributed by atoms with E-state index in [0.29, 0.717) is 0 Å². The average molecular weight is 243 g/mol. The minimum Gasteiger partial charge on any atom is -0.516 e. The zero-order chi connectivity index (χ0) is 2.71. The molecule has 32 valence electrons. The Morgan fingerprint density at radius 2 is 1.60 bits per heavy atom. The van der Waals surface area contributed by atoms with E-state index in [-0.39, 0.29) is 28.5 Å². The van der Waals surface area contributed by atoms with Crippen LogP contribution in [-0.4, -0.2) is 5.11 Å². The Labute approximate surface area is 47.0 Å². The maximum Gasteiger partial charge on any atom is 0.0719 e. The van der Waals surface area contributed by atoms with Crippen molar-refractivity contribution in [3.63, 3.8) is 0 Å². The fourth-order valence-corrected chi connectivity index (χ4v) is 0. The Morgan fingerprint density at radius 3 is 1.60 bits per heavy atom. The van der Waals surface area contributed by atoms with Crippen molar-refractivity contribution in [2.75, 3.05) is 0 Å². The summed E-state index contributed by atoms with van der Waals surface area (Å²) in [5, 5.41) is 7.33. The van der Waals surface area contributed by atoms with Crippen LogP contribution in [0.1, 0.15) is 0 Å². The maximum atomic E-state index is 7.33. The van der Waals surface area contributed by atoms with Crippen molar-refractivity contribution in [2.45, 2.75) is 0 Å². The molecular formula is C3H7OW-. The van der Waals surface area contributed by atoms with Crippen molar-refractivity contribution in [2.24, 2.45) is 0 Å². The maximum absolute atomic E-state index is 7.33. The van der Waals surface area contributed by atoms with E-state index in [1.54, 1.807) is 0 Å². The third-order valence-corrected chi connectivity index (χ3v) is 0. The molecule has 0 bridgehead atoms. The van der Waals surface area contributed by atoms with E-state index in [9.17, 15) is 0 Å². The zero-order valence-electron chi connectivity index (χ0n) is 3.14. The smallest absolute Gasteiger partial charge is 0.0719 e. The number of aliphatic hydroxyl groups is 1. The molecule has 0 radical (unpaired) electrons. The summed E-state index contributed by atoms with van der Waals surface area (Å²) in [4.78, 5) is 0. The SMILES string of the molecule is C=CO.[CH3-].[W]. The minimum absolute atomic E-state index is 0. The minimum atomic E-state index is 0. The quantitative estimate of drug-likeness (QED) is 0.499. The van der Waals surface area contributed by atoms with Crippen LogP contribution in [0.5, 0.6) is 0 Å². The predicted octanol–water partition coefficient (Wildman–Crippen LogP) is 1.14. The Morgan fingerprint density at radius 1 is 1.60 bits per heavy atom. The monoisotopic (exact) mass is 243 g/mol. The molecule has 0 rings (SSSR count). The molecule has 0 atom stereocenters. The second-order valence-corrected chi connectivity index (χ2v) is 0.183. The summed E-state index contributed by atoms with van der Waals surface area (Å²) in [5.74, 6) is 0. The summed E-state index contributed by atoms with van der Waals surface area (Å²) in [6, 6.07) is 0. The van der Waals surface area contributed by atoms with Gasteiger partial charge in [0, 0.05) is 21.1 Å². The molecule has 0 aromatic rings. The first-order chi connectivity index (χ1) is 1.41. The van der Waals surface area contributed by atoms with Crippen LogP contribution < -0.4 is 0 Å². The molecule has 2 heteroatoms. The molecule has 0 amide bonds. The van der Waals surface area contributed by atoms with E-state index in [2.05, 4.69) is 6.58 Å². The van der Waals surface area contributed by atoms with Gasteiger partial charge in [-0.25, -0.2) is 0 Å². The van der Waals surface area contributed by atoms with Gasteiger partial charge in [0.05, 0.1) is 6.26 Å². The van der Waals surface area contributed by atoms with Gasteiger partial charge in [-0.1, -0.05) is 6.58 Å². The molecule has 0 spiro atoms. The molecule has 0 heterocycles. The van der Waals surface area contributed by atoms with Crippen molar-refractivity contribution in [3.05, 3.63) is 20.3 Å². The second kappa shape index (κ2) is 29.2. The van der Waals surface area contributed by atoms with Gasteiger partial charge in [-0.3, -0.25) is 0 Å². The van der Waals surface area contributed by atoms with E-state index in [1.807, 2.05) is 0 Å². The Hall–Kier alpha value is 0.228. The van der Waals surface area contributed by atoms with Gasteiger partial charge in [0.1, 0.15) is 0 Å². The summed E-state index contributed by atoms with van der Waals surface area (Å²) < 4.78 is 0. The first kappa shape index (κ1) is 18.8. The number of aliphatic hydroxyl groups excluding tert-OH is 1. The molecule has 0 unspecified atom stereocenters. The van der Waals surface area contributed by atoms with Gasteiger partial charge in [-0.05, 0) is 0 Å². The van der Waals surface area contributed by atoms with Crippen LogP contribution in [0.2, 0.25) is 0 Å². The average Bonchev–Trinajstić information content (AvgIpc) is 0.918. The van der Waals surface area contributed by atoms with Gasteiger partial charge in [0.25, 0.3) is 0 Å². The van der Waals surface area contributed by atoms with Crippen molar-refractivity contribution >= 4 is 0 Å². The van der Waals surface area contributed by atoms with Crippen LogP contribution >= 0.6 is 0 Å². The fraction of sp³-hybridized carbons (Fsp3) is 0. The first-order valence-corrected chi connectivity index (χ1v) is 0.666. The van der Waals surface area contributed by atoms with E-state index < -0.39 is 0 Å². The number of hydrogen-bond donors (Lipinski definition) is 1. The van der Waals surface area contributed by atoms with Crippen LogP contribution in [0.25, 0.3) is 0 Å². The van der Waals surface area contributed by atoms with E-state index >= 15 is 0 Å². The number of hydrogen-bond acceptors (Lipinski definition) is 1. The summed E-state index contributed by atoms with van der Waals surface area (Å²) in [6.45, 7) is 2.92. The van der Waals surface area contributed by atoms with Crippen LogP contribution in [0.4, 0.5) is 0 Å². The molecule has 0 saturated carbocycles. The van der Waals surface area contributed by atoms with Gasteiger partial charge in [0.2, 0.25) is 0 Å². The van der Waals surface area contributed by atoms with E-state index in [0.717, 1.165) is 6.26 Å². The first-order valence-electron chi connectivity index (χ1n) is 0.666. The molecule has 5 heavy (non-hydrogen) atoms. The Balaban J connectivity index is -0.0000000200. The molecule has 0 aliphatic carbocycles. The molecule has 0 aromatic carbocycles. The molecule has 0 fully saturated rings. The molecular weight excluding hydrogens is 236 g/mol. The molecule has 0 aromatic heterocycles. The van der Waals surface area contributed by atoms with Crippen LogP contribution in [0.15, 0.2) is 12.8 Å². The zero-order valence-corrected chi connectivity index (χ0v) is 6.07. The topological polar surface area (TPSA) is 20.2 Å². The van der Waals surface area contributed by atoms with Gasteiger partial charge in [-0.15, -0.1) is 0 Å². The Bertz CT molecular complexity index is 14.4. The van der Waals surface area contributed by atoms with Crippen LogP contribution in [-0.2, 0) is 21.1 Å². The Kier molecular flexibility index (Phi) is 110. The summed E-state index contributed by atoms with van der Waals surface area (Å²) in [6.07, 6.45) is 0.750. The summed E-state index contributed by atoms with van der Waals surface area (Å²) in [5.41, 5.74) is 0. The van der Waals surface area contributed by atoms with Gasteiger partial charge >= 0.3 is 0 Å². The number of rotatable bonds is 0. The van der Waals surface area contributed by atoms with Crippen molar-refractivity contribution in [1.82, 2.24) is 0 Å². The normalized spacial score (nSPS) is 2.40. The van der Waals surface area contributed by atoms with E-state index in [4.69, 9.17) is 5.11 Å². The van der Waals surface area contributed by atoms with Crippen LogP contribution in [0.3, 0.4) is 0 Å². The molecule has 0 aliphatic heterocycles. The summed E-state index contributed by atoms with van der Waals surface area (Å²) >= 11 is 0. The summed E-state index contributed by atoms with van der Waals surface area (Å²) in [7, 11) is 0. The third kappa shape index (κ3) is 403. The third-order valence-electron chi connectivity index (χ3n) is 0. The van der Waals surface area contributed by atoms with Crippen molar-refractivity contribution < 1.29 is 26.2 Å². The molecule has 0 aliphatic rings. The predicted molar refractivity (Wildman–Crippen MR) is 19.2 cm³/mol. The van der Waals surface area contributed by atoms with Gasteiger partial charge < -0.3 is 12.5 Å². The van der Waals surface area contributed by atoms with Crippen molar-refractivity contribution in [3.8, 4) is 0 Å². The van der Waals surface area contributed by atoms with Crippen LogP contribution in [0, 0.1) is 7.43 Å². The fourth-order valence-electron chi connectivity index (χ4n) is 0. The second-order valence-electron chi connectivity index (χ2n) is 0.183. The molecule has 1 nitrogen and oxygen atoms in total. The standard InChI is InChI=1S/C2H4O.CH3.W/c1-2-3;;/h2-3H,1H2;1H3;/q;-1;. The van der Waals surface area contributed by atoms with E-state index in [1.165, 1.54) is 0 Å².